The lowest BCUT2D eigenvalue weighted by molar-refractivity contribution is 0.570. The molecule has 0 saturated heterocycles. The Morgan fingerprint density at radius 2 is 1.54 bits per heavy atom. The molecular formula is C18H12FNO3S. The maximum absolute atomic E-state index is 13.8. The predicted octanol–water partition coefficient (Wildman–Crippen LogP) is 4.53. The molecule has 0 amide bonds. The Morgan fingerprint density at radius 3 is 2.38 bits per heavy atom. The van der Waals surface area contributed by atoms with Crippen molar-refractivity contribution in [3.8, 4) is 0 Å². The third-order valence-corrected chi connectivity index (χ3v) is 5.17. The van der Waals surface area contributed by atoms with E-state index in [1.807, 2.05) is 24.3 Å². The van der Waals surface area contributed by atoms with E-state index in [2.05, 4.69) is 4.72 Å². The number of sulfonamides is 1. The average molecular weight is 341 g/mol. The minimum atomic E-state index is -4.00. The van der Waals surface area contributed by atoms with Crippen molar-refractivity contribution in [1.29, 1.82) is 0 Å². The van der Waals surface area contributed by atoms with Crippen molar-refractivity contribution >= 4 is 37.6 Å². The second-order valence-corrected chi connectivity index (χ2v) is 7.00. The van der Waals surface area contributed by atoms with Crippen LogP contribution in [0.15, 0.2) is 76.0 Å². The summed E-state index contributed by atoms with van der Waals surface area (Å²) in [5, 5.41) is 1.68. The van der Waals surface area contributed by atoms with Gasteiger partial charge < -0.3 is 4.42 Å². The number of hydrogen-bond acceptors (Lipinski definition) is 3. The van der Waals surface area contributed by atoms with E-state index in [-0.39, 0.29) is 4.90 Å². The Morgan fingerprint density at radius 1 is 0.833 bits per heavy atom. The highest BCUT2D eigenvalue weighted by atomic mass is 32.2. The molecule has 1 aromatic heterocycles. The van der Waals surface area contributed by atoms with Crippen molar-refractivity contribution in [3.63, 3.8) is 0 Å². The van der Waals surface area contributed by atoms with Gasteiger partial charge in [-0.2, -0.15) is 0 Å². The molecule has 0 aliphatic rings. The van der Waals surface area contributed by atoms with Crippen LogP contribution in [0.3, 0.4) is 0 Å². The summed E-state index contributed by atoms with van der Waals surface area (Å²) in [6, 6.07) is 17.7. The SMILES string of the molecule is O=S(=O)(Nc1ccc2oc3ccccc3c2c1)c1ccccc1F. The molecule has 6 heteroatoms. The lowest BCUT2D eigenvalue weighted by atomic mass is 10.1. The summed E-state index contributed by atoms with van der Waals surface area (Å²) in [6.07, 6.45) is 0. The molecule has 0 radical (unpaired) electrons. The Labute approximate surface area is 137 Å². The van der Waals surface area contributed by atoms with Gasteiger partial charge in [0.25, 0.3) is 10.0 Å². The molecule has 0 unspecified atom stereocenters. The van der Waals surface area contributed by atoms with Crippen LogP contribution < -0.4 is 4.72 Å². The van der Waals surface area contributed by atoms with Crippen molar-refractivity contribution in [1.82, 2.24) is 0 Å². The minimum Gasteiger partial charge on any atom is -0.456 e. The second-order valence-electron chi connectivity index (χ2n) is 5.35. The molecule has 4 nitrogen and oxygen atoms in total. The number of hydrogen-bond donors (Lipinski definition) is 1. The third kappa shape index (κ3) is 2.41. The van der Waals surface area contributed by atoms with E-state index in [0.717, 1.165) is 22.4 Å². The van der Waals surface area contributed by atoms with Crippen molar-refractivity contribution in [2.75, 3.05) is 4.72 Å². The number of furan rings is 1. The van der Waals surface area contributed by atoms with E-state index in [1.165, 1.54) is 18.2 Å². The third-order valence-electron chi connectivity index (χ3n) is 3.76. The van der Waals surface area contributed by atoms with Gasteiger partial charge in [0, 0.05) is 16.5 Å². The van der Waals surface area contributed by atoms with Gasteiger partial charge in [-0.05, 0) is 36.4 Å². The fourth-order valence-electron chi connectivity index (χ4n) is 2.66. The summed E-state index contributed by atoms with van der Waals surface area (Å²) >= 11 is 0. The zero-order valence-corrected chi connectivity index (χ0v) is 13.2. The van der Waals surface area contributed by atoms with Crippen LogP contribution in [0.1, 0.15) is 0 Å². The number of halogens is 1. The molecule has 4 aromatic rings. The summed E-state index contributed by atoms with van der Waals surface area (Å²) in [6.45, 7) is 0. The molecule has 120 valence electrons. The Kier molecular flexibility index (Phi) is 3.28. The van der Waals surface area contributed by atoms with Crippen LogP contribution in [-0.2, 0) is 10.0 Å². The first-order valence-electron chi connectivity index (χ1n) is 7.23. The van der Waals surface area contributed by atoms with E-state index in [0.29, 0.717) is 11.3 Å². The number of nitrogens with one attached hydrogen (secondary N) is 1. The molecule has 3 aromatic carbocycles. The van der Waals surface area contributed by atoms with Gasteiger partial charge in [0.05, 0.1) is 0 Å². The first-order chi connectivity index (χ1) is 11.5. The monoisotopic (exact) mass is 341 g/mol. The second kappa shape index (κ2) is 5.35. The average Bonchev–Trinajstić information content (AvgIpc) is 2.93. The highest BCUT2D eigenvalue weighted by Crippen LogP contribution is 2.31. The number of rotatable bonds is 3. The van der Waals surface area contributed by atoms with E-state index in [4.69, 9.17) is 4.42 Å². The van der Waals surface area contributed by atoms with Crippen LogP contribution in [0.5, 0.6) is 0 Å². The smallest absolute Gasteiger partial charge is 0.264 e. The van der Waals surface area contributed by atoms with Crippen molar-refractivity contribution < 1.29 is 17.2 Å². The molecule has 1 heterocycles. The molecule has 4 rings (SSSR count). The summed E-state index contributed by atoms with van der Waals surface area (Å²) in [5.74, 6) is -0.792. The molecule has 0 fully saturated rings. The zero-order chi connectivity index (χ0) is 16.7. The van der Waals surface area contributed by atoms with E-state index in [1.54, 1.807) is 18.2 Å². The number of para-hydroxylation sites is 1. The molecule has 0 spiro atoms. The molecule has 24 heavy (non-hydrogen) atoms. The number of benzene rings is 3. The first-order valence-corrected chi connectivity index (χ1v) is 8.71. The van der Waals surface area contributed by atoms with Crippen LogP contribution in [0.2, 0.25) is 0 Å². The van der Waals surface area contributed by atoms with Gasteiger partial charge in [-0.15, -0.1) is 0 Å². The van der Waals surface area contributed by atoms with Crippen LogP contribution >= 0.6 is 0 Å². The van der Waals surface area contributed by atoms with Gasteiger partial charge in [-0.3, -0.25) is 4.72 Å². The lowest BCUT2D eigenvalue weighted by Crippen LogP contribution is -2.14. The summed E-state index contributed by atoms with van der Waals surface area (Å²) < 4.78 is 46.7. The van der Waals surface area contributed by atoms with E-state index in [9.17, 15) is 12.8 Å². The minimum absolute atomic E-state index is 0.345. The Balaban J connectivity index is 1.80. The summed E-state index contributed by atoms with van der Waals surface area (Å²) in [7, 11) is -4.00. The summed E-state index contributed by atoms with van der Waals surface area (Å²) in [4.78, 5) is -0.387. The maximum Gasteiger partial charge on any atom is 0.264 e. The topological polar surface area (TPSA) is 59.3 Å². The molecule has 0 aliphatic carbocycles. The van der Waals surface area contributed by atoms with Gasteiger partial charge in [0.2, 0.25) is 0 Å². The molecule has 1 N–H and O–H groups in total. The normalized spacial score (nSPS) is 11.9. The largest absolute Gasteiger partial charge is 0.456 e. The van der Waals surface area contributed by atoms with Crippen LogP contribution in [0.25, 0.3) is 21.9 Å². The summed E-state index contributed by atoms with van der Waals surface area (Å²) in [5.41, 5.74) is 1.73. The van der Waals surface area contributed by atoms with Crippen molar-refractivity contribution in [2.24, 2.45) is 0 Å². The fraction of sp³-hybridized carbons (Fsp3) is 0. The molecule has 0 bridgehead atoms. The van der Waals surface area contributed by atoms with Crippen LogP contribution in [-0.4, -0.2) is 8.42 Å². The lowest BCUT2D eigenvalue weighted by Gasteiger charge is -2.08. The molecular weight excluding hydrogens is 329 g/mol. The van der Waals surface area contributed by atoms with Gasteiger partial charge >= 0.3 is 0 Å². The van der Waals surface area contributed by atoms with Gasteiger partial charge in [0.15, 0.2) is 0 Å². The van der Waals surface area contributed by atoms with Crippen LogP contribution in [0, 0.1) is 5.82 Å². The standard InChI is InChI=1S/C18H12FNO3S/c19-15-6-2-4-8-18(15)24(21,22)20-12-9-10-17-14(11-12)13-5-1-3-7-16(13)23-17/h1-11,20H. The van der Waals surface area contributed by atoms with E-state index < -0.39 is 15.8 Å². The zero-order valence-electron chi connectivity index (χ0n) is 12.4. The van der Waals surface area contributed by atoms with Crippen LogP contribution in [0.4, 0.5) is 10.1 Å². The Bertz CT molecular complexity index is 1170. The van der Waals surface area contributed by atoms with Gasteiger partial charge in [-0.25, -0.2) is 12.8 Å². The van der Waals surface area contributed by atoms with Gasteiger partial charge in [-0.1, -0.05) is 30.3 Å². The van der Waals surface area contributed by atoms with Crippen molar-refractivity contribution in [3.05, 3.63) is 72.5 Å². The van der Waals surface area contributed by atoms with Gasteiger partial charge in [0.1, 0.15) is 21.9 Å². The predicted molar refractivity (Wildman–Crippen MR) is 90.9 cm³/mol. The first kappa shape index (κ1) is 14.7. The Hall–Kier alpha value is -2.86. The highest BCUT2D eigenvalue weighted by molar-refractivity contribution is 7.92. The number of anilines is 1. The molecule has 0 atom stereocenters. The molecule has 0 aliphatic heterocycles. The molecule has 0 saturated carbocycles. The van der Waals surface area contributed by atoms with Crippen molar-refractivity contribution in [2.45, 2.75) is 4.90 Å². The highest BCUT2D eigenvalue weighted by Gasteiger charge is 2.19. The maximum atomic E-state index is 13.8. The van der Waals surface area contributed by atoms with E-state index >= 15 is 0 Å². The quantitative estimate of drug-likeness (QED) is 0.596. The number of fused-ring (bicyclic) bond motifs is 3. The fourth-order valence-corrected chi connectivity index (χ4v) is 3.79.